The van der Waals surface area contributed by atoms with Crippen LogP contribution >= 0.6 is 0 Å². The fourth-order valence-corrected chi connectivity index (χ4v) is 2.43. The van der Waals surface area contributed by atoms with Gasteiger partial charge < -0.3 is 10.2 Å². The number of carbonyl (C=O) groups excluding carboxylic acids is 1. The van der Waals surface area contributed by atoms with Gasteiger partial charge in [0.05, 0.1) is 6.54 Å². The molecular formula is C15H22N2O. The molecule has 0 bridgehead atoms. The molecule has 18 heavy (non-hydrogen) atoms. The van der Waals surface area contributed by atoms with Gasteiger partial charge in [-0.1, -0.05) is 23.8 Å². The van der Waals surface area contributed by atoms with E-state index in [4.69, 9.17) is 0 Å². The van der Waals surface area contributed by atoms with Gasteiger partial charge >= 0.3 is 0 Å². The van der Waals surface area contributed by atoms with Crippen molar-refractivity contribution in [1.82, 2.24) is 10.2 Å². The minimum atomic E-state index is 0.234. The van der Waals surface area contributed by atoms with E-state index in [0.29, 0.717) is 6.54 Å². The summed E-state index contributed by atoms with van der Waals surface area (Å²) in [5, 5.41) is 3.25. The van der Waals surface area contributed by atoms with E-state index in [9.17, 15) is 4.79 Å². The molecule has 0 radical (unpaired) electrons. The molecule has 1 N–H and O–H groups in total. The molecule has 3 heteroatoms. The second-order valence-corrected chi connectivity index (χ2v) is 5.12. The van der Waals surface area contributed by atoms with E-state index in [0.717, 1.165) is 32.5 Å². The van der Waals surface area contributed by atoms with Gasteiger partial charge in [0.2, 0.25) is 5.91 Å². The van der Waals surface area contributed by atoms with Gasteiger partial charge in [-0.25, -0.2) is 0 Å². The summed E-state index contributed by atoms with van der Waals surface area (Å²) < 4.78 is 0. The zero-order valence-corrected chi connectivity index (χ0v) is 11.3. The number of nitrogens with zero attached hydrogens (tertiary/aromatic N) is 1. The third-order valence-electron chi connectivity index (χ3n) is 3.55. The zero-order chi connectivity index (χ0) is 13.0. The van der Waals surface area contributed by atoms with Crippen molar-refractivity contribution in [1.29, 1.82) is 0 Å². The van der Waals surface area contributed by atoms with Crippen molar-refractivity contribution in [3.05, 3.63) is 34.9 Å². The zero-order valence-electron chi connectivity index (χ0n) is 11.3. The number of benzene rings is 1. The molecule has 98 valence electrons. The predicted octanol–water partition coefficient (Wildman–Crippen LogP) is 2.02. The monoisotopic (exact) mass is 246 g/mol. The number of hydrogen-bond acceptors (Lipinski definition) is 2. The first-order valence-electron chi connectivity index (χ1n) is 6.71. The molecule has 1 saturated heterocycles. The van der Waals surface area contributed by atoms with E-state index >= 15 is 0 Å². The lowest BCUT2D eigenvalue weighted by Crippen LogP contribution is -2.36. The third-order valence-corrected chi connectivity index (χ3v) is 3.55. The summed E-state index contributed by atoms with van der Waals surface area (Å²) in [6.07, 6.45) is 2.31. The molecule has 1 aromatic carbocycles. The summed E-state index contributed by atoms with van der Waals surface area (Å²) >= 11 is 0. The van der Waals surface area contributed by atoms with Crippen molar-refractivity contribution in [2.75, 3.05) is 19.6 Å². The van der Waals surface area contributed by atoms with Crippen LogP contribution in [0.4, 0.5) is 0 Å². The van der Waals surface area contributed by atoms with Crippen molar-refractivity contribution in [3.63, 3.8) is 0 Å². The van der Waals surface area contributed by atoms with E-state index in [1.807, 2.05) is 4.90 Å². The van der Waals surface area contributed by atoms with Crippen LogP contribution in [0.5, 0.6) is 0 Å². The Morgan fingerprint density at radius 2 is 2.00 bits per heavy atom. The molecule has 3 nitrogen and oxygen atoms in total. The first-order chi connectivity index (χ1) is 8.66. The highest BCUT2D eigenvalue weighted by molar-refractivity contribution is 5.78. The molecule has 0 atom stereocenters. The summed E-state index contributed by atoms with van der Waals surface area (Å²) in [6.45, 7) is 7.31. The van der Waals surface area contributed by atoms with Crippen LogP contribution in [0.3, 0.4) is 0 Å². The largest absolute Gasteiger partial charge is 0.342 e. The number of rotatable bonds is 4. The molecule has 0 saturated carbocycles. The first kappa shape index (κ1) is 13.1. The first-order valence-corrected chi connectivity index (χ1v) is 6.71. The number of amides is 1. The maximum Gasteiger partial charge on any atom is 0.236 e. The fraction of sp³-hybridized carbons (Fsp3) is 0.533. The van der Waals surface area contributed by atoms with Crippen molar-refractivity contribution in [3.8, 4) is 0 Å². The number of carbonyl (C=O) groups is 1. The maximum absolute atomic E-state index is 11.8. The van der Waals surface area contributed by atoms with Crippen LogP contribution in [0.15, 0.2) is 18.2 Å². The molecule has 0 aliphatic carbocycles. The van der Waals surface area contributed by atoms with Gasteiger partial charge in [0.25, 0.3) is 0 Å². The van der Waals surface area contributed by atoms with Crippen LogP contribution in [-0.2, 0) is 11.3 Å². The lowest BCUT2D eigenvalue weighted by Gasteiger charge is -2.16. The highest BCUT2D eigenvalue weighted by Gasteiger charge is 2.16. The lowest BCUT2D eigenvalue weighted by atomic mass is 10.1. The Morgan fingerprint density at radius 1 is 1.28 bits per heavy atom. The topological polar surface area (TPSA) is 32.3 Å². The van der Waals surface area contributed by atoms with E-state index in [-0.39, 0.29) is 5.91 Å². The molecular weight excluding hydrogens is 224 g/mol. The second-order valence-electron chi connectivity index (χ2n) is 5.12. The van der Waals surface area contributed by atoms with Crippen molar-refractivity contribution in [2.45, 2.75) is 33.2 Å². The third kappa shape index (κ3) is 3.33. The van der Waals surface area contributed by atoms with Crippen molar-refractivity contribution >= 4 is 5.91 Å². The van der Waals surface area contributed by atoms with Crippen molar-refractivity contribution < 1.29 is 4.79 Å². The van der Waals surface area contributed by atoms with Gasteiger partial charge in [-0.15, -0.1) is 0 Å². The lowest BCUT2D eigenvalue weighted by molar-refractivity contribution is -0.129. The van der Waals surface area contributed by atoms with E-state index in [1.165, 1.54) is 16.7 Å². The molecule has 0 unspecified atom stereocenters. The molecule has 1 aromatic rings. The fourth-order valence-electron chi connectivity index (χ4n) is 2.43. The SMILES string of the molecule is Cc1ccc(CNCC(=O)N2CCCC2)c(C)c1. The van der Waals surface area contributed by atoms with E-state index in [2.05, 4.69) is 37.4 Å². The minimum Gasteiger partial charge on any atom is -0.342 e. The molecule has 1 fully saturated rings. The number of aryl methyl sites for hydroxylation is 2. The second kappa shape index (κ2) is 6.01. The Bertz CT molecular complexity index is 423. The Balaban J connectivity index is 1.79. The van der Waals surface area contributed by atoms with Gasteiger partial charge in [0.15, 0.2) is 0 Å². The molecule has 1 aliphatic rings. The Morgan fingerprint density at radius 3 is 2.67 bits per heavy atom. The number of nitrogens with one attached hydrogen (secondary N) is 1. The normalized spacial score (nSPS) is 15.1. The summed E-state index contributed by atoms with van der Waals surface area (Å²) in [6, 6.07) is 6.43. The molecule has 1 aliphatic heterocycles. The van der Waals surface area contributed by atoms with Gasteiger partial charge in [-0.3, -0.25) is 4.79 Å². The molecule has 1 heterocycles. The van der Waals surface area contributed by atoms with Crippen LogP contribution in [0.1, 0.15) is 29.5 Å². The highest BCUT2D eigenvalue weighted by Crippen LogP contribution is 2.10. The van der Waals surface area contributed by atoms with Crippen LogP contribution < -0.4 is 5.32 Å². The number of hydrogen-bond donors (Lipinski definition) is 1. The molecule has 2 rings (SSSR count). The van der Waals surface area contributed by atoms with E-state index in [1.54, 1.807) is 0 Å². The highest BCUT2D eigenvalue weighted by atomic mass is 16.2. The molecule has 1 amide bonds. The van der Waals surface area contributed by atoms with Crippen LogP contribution in [0.25, 0.3) is 0 Å². The standard InChI is InChI=1S/C15H22N2O/c1-12-5-6-14(13(2)9-12)10-16-11-15(18)17-7-3-4-8-17/h5-6,9,16H,3-4,7-8,10-11H2,1-2H3. The maximum atomic E-state index is 11.8. The summed E-state index contributed by atoms with van der Waals surface area (Å²) in [4.78, 5) is 13.8. The van der Waals surface area contributed by atoms with Gasteiger partial charge in [0.1, 0.15) is 0 Å². The number of likely N-dealkylation sites (tertiary alicyclic amines) is 1. The summed E-state index contributed by atoms with van der Waals surface area (Å²) in [5.41, 5.74) is 3.84. The van der Waals surface area contributed by atoms with Gasteiger partial charge in [-0.05, 0) is 37.8 Å². The minimum absolute atomic E-state index is 0.234. The van der Waals surface area contributed by atoms with Gasteiger partial charge in [-0.2, -0.15) is 0 Å². The predicted molar refractivity (Wildman–Crippen MR) is 73.4 cm³/mol. The Hall–Kier alpha value is -1.35. The smallest absolute Gasteiger partial charge is 0.236 e. The Labute approximate surface area is 109 Å². The van der Waals surface area contributed by atoms with Crippen LogP contribution in [0, 0.1) is 13.8 Å². The molecule has 0 aromatic heterocycles. The van der Waals surface area contributed by atoms with Crippen LogP contribution in [-0.4, -0.2) is 30.4 Å². The van der Waals surface area contributed by atoms with Crippen molar-refractivity contribution in [2.24, 2.45) is 0 Å². The molecule has 0 spiro atoms. The van der Waals surface area contributed by atoms with Crippen LogP contribution in [0.2, 0.25) is 0 Å². The Kier molecular flexibility index (Phi) is 4.37. The average Bonchev–Trinajstić information content (AvgIpc) is 2.85. The van der Waals surface area contributed by atoms with E-state index < -0.39 is 0 Å². The quantitative estimate of drug-likeness (QED) is 0.881. The average molecular weight is 246 g/mol. The summed E-state index contributed by atoms with van der Waals surface area (Å²) in [7, 11) is 0. The summed E-state index contributed by atoms with van der Waals surface area (Å²) in [5.74, 6) is 0.234. The van der Waals surface area contributed by atoms with Gasteiger partial charge in [0, 0.05) is 19.6 Å².